The number of nitriles is 1. The molecular weight excluding hydrogens is 183 g/mol. The van der Waals surface area contributed by atoms with Crippen LogP contribution in [0, 0.1) is 17.2 Å². The second-order valence-electron chi connectivity index (χ2n) is 3.11. The minimum atomic E-state index is -4.46. The minimum Gasteiger partial charge on any atom is -0.376 e. The minimum absolute atomic E-state index is 0.0572. The first kappa shape index (κ1) is 10.3. The summed E-state index contributed by atoms with van der Waals surface area (Å²) in [4.78, 5) is 0. The van der Waals surface area contributed by atoms with E-state index < -0.39 is 18.7 Å². The van der Waals surface area contributed by atoms with Crippen LogP contribution < -0.4 is 0 Å². The molecule has 0 aromatic carbocycles. The molecule has 1 aliphatic carbocycles. The lowest BCUT2D eigenvalue weighted by molar-refractivity contribution is -0.178. The zero-order chi connectivity index (χ0) is 9.90. The molecule has 0 bridgehead atoms. The van der Waals surface area contributed by atoms with Gasteiger partial charge in [-0.25, -0.2) is 0 Å². The van der Waals surface area contributed by atoms with Crippen LogP contribution in [0.15, 0.2) is 0 Å². The van der Waals surface area contributed by atoms with Gasteiger partial charge in [0.2, 0.25) is 0 Å². The average molecular weight is 193 g/mol. The summed E-state index contributed by atoms with van der Waals surface area (Å²) in [6.07, 6.45) is -1.88. The quantitative estimate of drug-likeness (QED) is 0.688. The SMILES string of the molecule is N#CC(COC1CCC1)C(F)(F)F. The monoisotopic (exact) mass is 193 g/mol. The van der Waals surface area contributed by atoms with E-state index in [0.717, 1.165) is 19.3 Å². The van der Waals surface area contributed by atoms with E-state index in [-0.39, 0.29) is 6.10 Å². The molecule has 2 nitrogen and oxygen atoms in total. The van der Waals surface area contributed by atoms with Crippen LogP contribution in [0.5, 0.6) is 0 Å². The average Bonchev–Trinajstić information content (AvgIpc) is 1.91. The van der Waals surface area contributed by atoms with Crippen molar-refractivity contribution < 1.29 is 17.9 Å². The zero-order valence-electron chi connectivity index (χ0n) is 6.97. The first-order chi connectivity index (χ1) is 6.04. The van der Waals surface area contributed by atoms with Gasteiger partial charge < -0.3 is 4.74 Å². The van der Waals surface area contributed by atoms with Crippen molar-refractivity contribution in [3.05, 3.63) is 0 Å². The molecule has 74 valence electrons. The smallest absolute Gasteiger partial charge is 0.376 e. The summed E-state index contributed by atoms with van der Waals surface area (Å²) >= 11 is 0. The summed E-state index contributed by atoms with van der Waals surface area (Å²) in [7, 11) is 0. The third kappa shape index (κ3) is 2.88. The van der Waals surface area contributed by atoms with E-state index in [9.17, 15) is 13.2 Å². The molecule has 1 atom stereocenters. The van der Waals surface area contributed by atoms with Crippen LogP contribution in [0.4, 0.5) is 13.2 Å². The summed E-state index contributed by atoms with van der Waals surface area (Å²) in [5.74, 6) is -1.98. The highest BCUT2D eigenvalue weighted by Gasteiger charge is 2.40. The maximum Gasteiger partial charge on any atom is 0.406 e. The van der Waals surface area contributed by atoms with Crippen LogP contribution in [-0.4, -0.2) is 18.9 Å². The third-order valence-corrected chi connectivity index (χ3v) is 2.10. The molecule has 0 aromatic heterocycles. The number of rotatable bonds is 3. The van der Waals surface area contributed by atoms with Gasteiger partial charge in [-0.2, -0.15) is 18.4 Å². The van der Waals surface area contributed by atoms with E-state index in [1.807, 2.05) is 0 Å². The summed E-state index contributed by atoms with van der Waals surface area (Å²) in [6.45, 7) is -0.523. The molecule has 0 aromatic rings. The second kappa shape index (κ2) is 3.97. The third-order valence-electron chi connectivity index (χ3n) is 2.10. The first-order valence-electron chi connectivity index (χ1n) is 4.12. The Balaban J connectivity index is 2.28. The molecule has 1 rings (SSSR count). The molecule has 5 heteroatoms. The fourth-order valence-corrected chi connectivity index (χ4v) is 0.975. The number of hydrogen-bond donors (Lipinski definition) is 0. The molecule has 0 spiro atoms. The maximum absolute atomic E-state index is 12.0. The fourth-order valence-electron chi connectivity index (χ4n) is 0.975. The van der Waals surface area contributed by atoms with Gasteiger partial charge in [-0.05, 0) is 19.3 Å². The van der Waals surface area contributed by atoms with Crippen molar-refractivity contribution in [2.45, 2.75) is 31.5 Å². The van der Waals surface area contributed by atoms with E-state index in [1.165, 1.54) is 6.07 Å². The highest BCUT2D eigenvalue weighted by Crippen LogP contribution is 2.28. The molecule has 0 saturated heterocycles. The van der Waals surface area contributed by atoms with Crippen molar-refractivity contribution in [2.24, 2.45) is 5.92 Å². The molecule has 1 aliphatic rings. The number of halogens is 3. The molecule has 1 unspecified atom stereocenters. The highest BCUT2D eigenvalue weighted by atomic mass is 19.4. The van der Waals surface area contributed by atoms with Gasteiger partial charge in [0.15, 0.2) is 5.92 Å². The predicted molar refractivity (Wildman–Crippen MR) is 38.7 cm³/mol. The van der Waals surface area contributed by atoms with E-state index in [1.54, 1.807) is 0 Å². The van der Waals surface area contributed by atoms with Crippen LogP contribution in [0.2, 0.25) is 0 Å². The van der Waals surface area contributed by atoms with Crippen LogP contribution >= 0.6 is 0 Å². The van der Waals surface area contributed by atoms with Crippen molar-refractivity contribution >= 4 is 0 Å². The topological polar surface area (TPSA) is 33.0 Å². The maximum atomic E-state index is 12.0. The molecule has 13 heavy (non-hydrogen) atoms. The summed E-state index contributed by atoms with van der Waals surface area (Å²) in [5, 5.41) is 8.22. The van der Waals surface area contributed by atoms with Gasteiger partial charge in [0, 0.05) is 0 Å². The van der Waals surface area contributed by atoms with Crippen molar-refractivity contribution in [3.8, 4) is 6.07 Å². The Bertz CT molecular complexity index is 204. The van der Waals surface area contributed by atoms with Crippen LogP contribution in [-0.2, 0) is 4.74 Å². The van der Waals surface area contributed by atoms with Crippen LogP contribution in [0.3, 0.4) is 0 Å². The normalized spacial score (nSPS) is 20.5. The standard InChI is InChI=1S/C8H10F3NO/c9-8(10,11)6(4-12)5-13-7-2-1-3-7/h6-7H,1-3,5H2. The van der Waals surface area contributed by atoms with Gasteiger partial charge in [-0.3, -0.25) is 0 Å². The van der Waals surface area contributed by atoms with Gasteiger partial charge >= 0.3 is 6.18 Å². The highest BCUT2D eigenvalue weighted by molar-refractivity contribution is 4.88. The largest absolute Gasteiger partial charge is 0.406 e. The lowest BCUT2D eigenvalue weighted by Crippen LogP contribution is -2.30. The lowest BCUT2D eigenvalue weighted by Gasteiger charge is -2.26. The van der Waals surface area contributed by atoms with Crippen molar-refractivity contribution in [1.29, 1.82) is 5.26 Å². The Hall–Kier alpha value is -0.760. The van der Waals surface area contributed by atoms with Gasteiger partial charge in [0.25, 0.3) is 0 Å². The molecular formula is C8H10F3NO. The molecule has 0 N–H and O–H groups in total. The Labute approximate surface area is 74.3 Å². The summed E-state index contributed by atoms with van der Waals surface area (Å²) in [6, 6.07) is 1.20. The predicted octanol–water partition coefficient (Wildman–Crippen LogP) is 2.26. The number of hydrogen-bond acceptors (Lipinski definition) is 2. The Kier molecular flexibility index (Phi) is 3.15. The number of nitrogens with zero attached hydrogens (tertiary/aromatic N) is 1. The van der Waals surface area contributed by atoms with E-state index in [2.05, 4.69) is 0 Å². The van der Waals surface area contributed by atoms with Crippen LogP contribution in [0.25, 0.3) is 0 Å². The zero-order valence-corrected chi connectivity index (χ0v) is 6.97. The summed E-state index contributed by atoms with van der Waals surface area (Å²) < 4.78 is 40.9. The summed E-state index contributed by atoms with van der Waals surface area (Å²) in [5.41, 5.74) is 0. The van der Waals surface area contributed by atoms with Gasteiger partial charge in [0.05, 0.1) is 18.8 Å². The fraction of sp³-hybridized carbons (Fsp3) is 0.875. The Morgan fingerprint density at radius 2 is 2.08 bits per heavy atom. The van der Waals surface area contributed by atoms with Gasteiger partial charge in [-0.15, -0.1) is 0 Å². The molecule has 1 fully saturated rings. The number of alkyl halides is 3. The second-order valence-corrected chi connectivity index (χ2v) is 3.11. The molecule has 0 heterocycles. The molecule has 0 radical (unpaired) electrons. The van der Waals surface area contributed by atoms with Gasteiger partial charge in [0.1, 0.15) is 0 Å². The van der Waals surface area contributed by atoms with Crippen molar-refractivity contribution in [2.75, 3.05) is 6.61 Å². The Morgan fingerprint density at radius 1 is 1.46 bits per heavy atom. The van der Waals surface area contributed by atoms with E-state index in [0.29, 0.717) is 0 Å². The number of ether oxygens (including phenoxy) is 1. The molecule has 1 saturated carbocycles. The Morgan fingerprint density at radius 3 is 2.38 bits per heavy atom. The molecule has 0 aliphatic heterocycles. The lowest BCUT2D eigenvalue weighted by atomic mass is 9.96. The van der Waals surface area contributed by atoms with Crippen molar-refractivity contribution in [1.82, 2.24) is 0 Å². The first-order valence-corrected chi connectivity index (χ1v) is 4.12. The molecule has 0 amide bonds. The van der Waals surface area contributed by atoms with Crippen molar-refractivity contribution in [3.63, 3.8) is 0 Å². The van der Waals surface area contributed by atoms with Crippen LogP contribution in [0.1, 0.15) is 19.3 Å². The van der Waals surface area contributed by atoms with E-state index in [4.69, 9.17) is 10.00 Å². The van der Waals surface area contributed by atoms with E-state index >= 15 is 0 Å². The van der Waals surface area contributed by atoms with Gasteiger partial charge in [-0.1, -0.05) is 0 Å².